The molecule has 4 aliphatic carbocycles. The molecule has 0 radical (unpaired) electrons. The summed E-state index contributed by atoms with van der Waals surface area (Å²) in [5.74, 6) is -1.61. The predicted octanol–water partition coefficient (Wildman–Crippen LogP) is 1.77. The van der Waals surface area contributed by atoms with Crippen molar-refractivity contribution in [3.63, 3.8) is 0 Å². The average molecular weight is 374 g/mol. The molecule has 1 heterocycles. The Labute approximate surface area is 158 Å². The summed E-state index contributed by atoms with van der Waals surface area (Å²) in [7, 11) is 2.96. The maximum atomic E-state index is 13.1. The fraction of sp³-hybridized carbons (Fsp3) is 0.714. The van der Waals surface area contributed by atoms with E-state index in [-0.39, 0.29) is 23.8 Å². The van der Waals surface area contributed by atoms with Gasteiger partial charge in [-0.2, -0.15) is 0 Å². The second-order valence-electron chi connectivity index (χ2n) is 9.33. The number of carbonyl (C=O) groups is 2. The lowest BCUT2D eigenvalue weighted by atomic mass is 9.61. The number of hydrogen-bond acceptors (Lipinski definition) is 6. The first-order valence-electron chi connectivity index (χ1n) is 9.64. The molecule has 6 nitrogen and oxygen atoms in total. The minimum Gasteiger partial charge on any atom is -0.469 e. The smallest absolute Gasteiger partial charge is 0.316 e. The maximum absolute atomic E-state index is 13.1. The Bertz CT molecular complexity index is 802. The van der Waals surface area contributed by atoms with Gasteiger partial charge in [0, 0.05) is 18.9 Å². The number of ether oxygens (including phenoxy) is 3. The molecule has 8 atom stereocenters. The van der Waals surface area contributed by atoms with Crippen LogP contribution < -0.4 is 0 Å². The van der Waals surface area contributed by atoms with Crippen molar-refractivity contribution in [3.05, 3.63) is 24.3 Å². The first-order valence-corrected chi connectivity index (χ1v) is 9.64. The van der Waals surface area contributed by atoms with Crippen LogP contribution in [0.4, 0.5) is 0 Å². The Hall–Kier alpha value is -1.66. The van der Waals surface area contributed by atoms with Gasteiger partial charge in [0.1, 0.15) is 11.0 Å². The molecule has 0 aromatic rings. The van der Waals surface area contributed by atoms with E-state index in [1.807, 2.05) is 19.1 Å². The number of hydrogen-bond donors (Lipinski definition) is 1. The lowest BCUT2D eigenvalue weighted by Crippen LogP contribution is -2.51. The third-order valence-electron chi connectivity index (χ3n) is 8.53. The maximum Gasteiger partial charge on any atom is 0.316 e. The van der Waals surface area contributed by atoms with E-state index >= 15 is 0 Å². The summed E-state index contributed by atoms with van der Waals surface area (Å²) < 4.78 is 17.0. The molecule has 1 aliphatic heterocycles. The molecule has 4 bridgehead atoms. The van der Waals surface area contributed by atoms with Gasteiger partial charge in [0.15, 0.2) is 0 Å². The van der Waals surface area contributed by atoms with Gasteiger partial charge in [-0.25, -0.2) is 0 Å². The van der Waals surface area contributed by atoms with Gasteiger partial charge in [-0.15, -0.1) is 0 Å². The summed E-state index contributed by atoms with van der Waals surface area (Å²) in [6, 6.07) is 0. The zero-order valence-electron chi connectivity index (χ0n) is 16.0. The SMILES string of the molecule is C=C1C[C@]23C[C@@]1(O)CCC2[C@@]12C=C[C@@H](OC)[C@@](C)(C(=O)O1)[C@H]2[C@@H]3C(=O)OC. The molecule has 1 saturated heterocycles. The van der Waals surface area contributed by atoms with Crippen LogP contribution in [0.5, 0.6) is 0 Å². The standard InChI is InChI=1S/C21H26O6/c1-11-9-19-10-20(11,24)7-5-12(19)21-8-6-13(25-3)18(2,17(23)27-21)15(21)14(19)16(22)26-4/h6,8,12-15,24H,1,5,7,9-10H2,2-4H3/t12?,13-,14-,15-,18-,19+,20+,21-/m1/s1. The summed E-state index contributed by atoms with van der Waals surface area (Å²) in [4.78, 5) is 26.2. The molecule has 0 aromatic heterocycles. The second kappa shape index (κ2) is 4.84. The molecule has 1 unspecified atom stereocenters. The topological polar surface area (TPSA) is 82.1 Å². The summed E-state index contributed by atoms with van der Waals surface area (Å²) >= 11 is 0. The normalized spacial score (nSPS) is 54.5. The van der Waals surface area contributed by atoms with Gasteiger partial charge in [0.2, 0.25) is 0 Å². The van der Waals surface area contributed by atoms with Crippen LogP contribution in [0.1, 0.15) is 32.6 Å². The molecule has 1 N–H and O–H groups in total. The number of esters is 2. The molecule has 6 heteroatoms. The molecular weight excluding hydrogens is 348 g/mol. The lowest BCUT2D eigenvalue weighted by molar-refractivity contribution is -0.165. The number of carbonyl (C=O) groups excluding carboxylic acids is 2. The Kier molecular flexibility index (Phi) is 3.13. The summed E-state index contributed by atoms with van der Waals surface area (Å²) in [6.07, 6.45) is 5.71. The first-order chi connectivity index (χ1) is 12.7. The van der Waals surface area contributed by atoms with E-state index in [1.54, 1.807) is 7.11 Å². The van der Waals surface area contributed by atoms with Gasteiger partial charge in [-0.1, -0.05) is 12.7 Å². The highest BCUT2D eigenvalue weighted by atomic mass is 16.6. The van der Waals surface area contributed by atoms with Crippen molar-refractivity contribution in [1.82, 2.24) is 0 Å². The van der Waals surface area contributed by atoms with Crippen LogP contribution in [-0.4, -0.2) is 48.6 Å². The third-order valence-corrected chi connectivity index (χ3v) is 8.53. The number of methoxy groups -OCH3 is 2. The van der Waals surface area contributed by atoms with Crippen LogP contribution in [0.15, 0.2) is 24.3 Å². The zero-order chi connectivity index (χ0) is 19.4. The monoisotopic (exact) mass is 374 g/mol. The van der Waals surface area contributed by atoms with E-state index in [2.05, 4.69) is 6.58 Å². The number of aliphatic hydroxyl groups is 1. The first kappa shape index (κ1) is 17.4. The Morgan fingerprint density at radius 1 is 1.41 bits per heavy atom. The quantitative estimate of drug-likeness (QED) is 0.586. The van der Waals surface area contributed by atoms with Crippen LogP contribution in [0, 0.1) is 28.6 Å². The summed E-state index contributed by atoms with van der Waals surface area (Å²) in [5.41, 5.74) is -2.46. The molecule has 4 fully saturated rings. The molecule has 5 rings (SSSR count). The van der Waals surface area contributed by atoms with Gasteiger partial charge >= 0.3 is 11.9 Å². The largest absolute Gasteiger partial charge is 0.469 e. The van der Waals surface area contributed by atoms with Crippen LogP contribution in [0.3, 0.4) is 0 Å². The van der Waals surface area contributed by atoms with Gasteiger partial charge in [0.05, 0.1) is 24.7 Å². The highest BCUT2D eigenvalue weighted by molar-refractivity contribution is 5.87. The minimum atomic E-state index is -0.962. The van der Waals surface area contributed by atoms with Crippen LogP contribution >= 0.6 is 0 Å². The number of fused-ring (bicyclic) bond motifs is 1. The van der Waals surface area contributed by atoms with Crippen molar-refractivity contribution in [1.29, 1.82) is 0 Å². The molecule has 3 saturated carbocycles. The van der Waals surface area contributed by atoms with Crippen LogP contribution in [-0.2, 0) is 23.8 Å². The molecule has 0 amide bonds. The Balaban J connectivity index is 1.77. The van der Waals surface area contributed by atoms with Crippen molar-refractivity contribution < 1.29 is 28.9 Å². The van der Waals surface area contributed by atoms with E-state index in [0.717, 1.165) is 5.57 Å². The highest BCUT2D eigenvalue weighted by Gasteiger charge is 2.83. The summed E-state index contributed by atoms with van der Waals surface area (Å²) in [5, 5.41) is 11.1. The van der Waals surface area contributed by atoms with Gasteiger partial charge < -0.3 is 19.3 Å². The summed E-state index contributed by atoms with van der Waals surface area (Å²) in [6.45, 7) is 5.98. The Morgan fingerprint density at radius 3 is 2.81 bits per heavy atom. The van der Waals surface area contributed by atoms with E-state index in [1.165, 1.54) is 7.11 Å². The fourth-order valence-electron chi connectivity index (χ4n) is 7.55. The van der Waals surface area contributed by atoms with E-state index in [9.17, 15) is 14.7 Å². The average Bonchev–Trinajstić information content (AvgIpc) is 3.04. The second-order valence-corrected chi connectivity index (χ2v) is 9.33. The van der Waals surface area contributed by atoms with Crippen LogP contribution in [0.2, 0.25) is 0 Å². The van der Waals surface area contributed by atoms with Gasteiger partial charge in [0.25, 0.3) is 0 Å². The van der Waals surface area contributed by atoms with E-state index < -0.39 is 34.1 Å². The van der Waals surface area contributed by atoms with E-state index in [4.69, 9.17) is 14.2 Å². The molecule has 27 heavy (non-hydrogen) atoms. The van der Waals surface area contributed by atoms with Crippen molar-refractivity contribution in [2.75, 3.05) is 14.2 Å². The van der Waals surface area contributed by atoms with Crippen molar-refractivity contribution in [2.24, 2.45) is 28.6 Å². The van der Waals surface area contributed by atoms with Gasteiger partial charge in [-0.3, -0.25) is 9.59 Å². The van der Waals surface area contributed by atoms with Crippen molar-refractivity contribution >= 4 is 11.9 Å². The number of rotatable bonds is 2. The zero-order valence-corrected chi connectivity index (χ0v) is 16.0. The van der Waals surface area contributed by atoms with Crippen molar-refractivity contribution in [3.8, 4) is 0 Å². The minimum absolute atomic E-state index is 0.0431. The molecule has 5 aliphatic rings. The lowest BCUT2D eigenvalue weighted by Gasteiger charge is -2.44. The highest BCUT2D eigenvalue weighted by Crippen LogP contribution is 2.77. The molecule has 0 aromatic carbocycles. The Morgan fingerprint density at radius 2 is 2.15 bits per heavy atom. The van der Waals surface area contributed by atoms with Crippen molar-refractivity contribution in [2.45, 2.75) is 49.9 Å². The van der Waals surface area contributed by atoms with Crippen LogP contribution in [0.25, 0.3) is 0 Å². The third kappa shape index (κ3) is 1.63. The fourth-order valence-corrected chi connectivity index (χ4v) is 7.55. The molecule has 146 valence electrons. The molecular formula is C21H26O6. The molecule has 1 spiro atoms. The van der Waals surface area contributed by atoms with E-state index in [0.29, 0.717) is 25.7 Å². The van der Waals surface area contributed by atoms with Gasteiger partial charge in [-0.05, 0) is 49.7 Å². The predicted molar refractivity (Wildman–Crippen MR) is 94.3 cm³/mol.